The lowest BCUT2D eigenvalue weighted by molar-refractivity contribution is 0.253. The molecular formula is C12H18N2O. The van der Waals surface area contributed by atoms with Gasteiger partial charge in [0.05, 0.1) is 0 Å². The zero-order chi connectivity index (χ0) is 11.4. The quantitative estimate of drug-likeness (QED) is 0.811. The van der Waals surface area contributed by atoms with Crippen LogP contribution in [0.25, 0.3) is 0 Å². The summed E-state index contributed by atoms with van der Waals surface area (Å²) >= 11 is 0. The molecule has 0 heterocycles. The average Bonchev–Trinajstić information content (AvgIpc) is 2.15. The maximum atomic E-state index is 11.3. The average molecular weight is 206 g/mol. The molecule has 2 N–H and O–H groups in total. The first-order chi connectivity index (χ1) is 7.00. The molecule has 1 aromatic rings. The minimum atomic E-state index is -0.396. The van der Waals surface area contributed by atoms with Crippen molar-refractivity contribution in [3.05, 3.63) is 29.8 Å². The molecule has 3 heteroatoms. The summed E-state index contributed by atoms with van der Waals surface area (Å²) in [6.07, 6.45) is 0. The number of carbonyl (C=O) groups is 1. The highest BCUT2D eigenvalue weighted by atomic mass is 16.2. The van der Waals surface area contributed by atoms with E-state index >= 15 is 0 Å². The number of aryl methyl sites for hydroxylation is 1. The van der Waals surface area contributed by atoms with Crippen LogP contribution in [-0.4, -0.2) is 12.6 Å². The molecule has 15 heavy (non-hydrogen) atoms. The smallest absolute Gasteiger partial charge is 0.319 e. The number of hydrogen-bond donors (Lipinski definition) is 1. The maximum absolute atomic E-state index is 11.3. The Morgan fingerprint density at radius 1 is 1.33 bits per heavy atom. The highest BCUT2D eigenvalue weighted by molar-refractivity contribution is 5.90. The molecule has 1 aromatic carbocycles. The molecule has 0 aliphatic carbocycles. The van der Waals surface area contributed by atoms with Crippen molar-refractivity contribution in [3.63, 3.8) is 0 Å². The lowest BCUT2D eigenvalue weighted by Crippen LogP contribution is -2.38. The summed E-state index contributed by atoms with van der Waals surface area (Å²) in [5.41, 5.74) is 7.38. The Kier molecular flexibility index (Phi) is 3.72. The van der Waals surface area contributed by atoms with Gasteiger partial charge in [-0.2, -0.15) is 0 Å². The van der Waals surface area contributed by atoms with Crippen LogP contribution in [0.5, 0.6) is 0 Å². The van der Waals surface area contributed by atoms with Gasteiger partial charge in [0.2, 0.25) is 0 Å². The number of primary amides is 1. The topological polar surface area (TPSA) is 46.3 Å². The van der Waals surface area contributed by atoms with Gasteiger partial charge in [-0.3, -0.25) is 4.90 Å². The maximum Gasteiger partial charge on any atom is 0.319 e. The molecule has 0 unspecified atom stereocenters. The zero-order valence-corrected chi connectivity index (χ0v) is 9.53. The molecular weight excluding hydrogens is 188 g/mol. The minimum Gasteiger partial charge on any atom is -0.351 e. The monoisotopic (exact) mass is 206 g/mol. The van der Waals surface area contributed by atoms with E-state index < -0.39 is 6.03 Å². The van der Waals surface area contributed by atoms with Crippen LogP contribution in [0.15, 0.2) is 24.3 Å². The van der Waals surface area contributed by atoms with Gasteiger partial charge in [-0.25, -0.2) is 4.79 Å². The van der Waals surface area contributed by atoms with Crippen molar-refractivity contribution >= 4 is 11.7 Å². The van der Waals surface area contributed by atoms with Gasteiger partial charge in [0.15, 0.2) is 0 Å². The fraction of sp³-hybridized carbons (Fsp3) is 0.417. The number of carbonyl (C=O) groups excluding carboxylic acids is 1. The Hall–Kier alpha value is -1.51. The number of nitrogens with zero attached hydrogens (tertiary/aromatic N) is 1. The summed E-state index contributed by atoms with van der Waals surface area (Å²) in [5.74, 6) is 0.402. The number of urea groups is 1. The fourth-order valence-electron chi connectivity index (χ4n) is 1.41. The second-order valence-corrected chi connectivity index (χ2v) is 4.18. The number of amides is 2. The van der Waals surface area contributed by atoms with Crippen LogP contribution in [0, 0.1) is 12.8 Å². The molecule has 0 fully saturated rings. The first-order valence-electron chi connectivity index (χ1n) is 5.14. The van der Waals surface area contributed by atoms with Crippen LogP contribution < -0.4 is 10.6 Å². The summed E-state index contributed by atoms with van der Waals surface area (Å²) < 4.78 is 0. The molecule has 0 spiro atoms. The molecule has 0 aliphatic heterocycles. The number of nitrogens with two attached hydrogens (primary N) is 1. The highest BCUT2D eigenvalue weighted by Gasteiger charge is 2.13. The Morgan fingerprint density at radius 3 is 2.27 bits per heavy atom. The molecule has 1 rings (SSSR count). The molecule has 82 valence electrons. The van der Waals surface area contributed by atoms with Gasteiger partial charge < -0.3 is 5.73 Å². The van der Waals surface area contributed by atoms with Crippen molar-refractivity contribution in [1.82, 2.24) is 0 Å². The molecule has 0 saturated heterocycles. The van der Waals surface area contributed by atoms with E-state index in [0.717, 1.165) is 5.69 Å². The van der Waals surface area contributed by atoms with Crippen LogP contribution in [0.3, 0.4) is 0 Å². The lowest BCUT2D eigenvalue weighted by atomic mass is 10.1. The second-order valence-electron chi connectivity index (χ2n) is 4.18. The first-order valence-corrected chi connectivity index (χ1v) is 5.14. The van der Waals surface area contributed by atoms with E-state index in [1.54, 1.807) is 4.90 Å². The van der Waals surface area contributed by atoms with Gasteiger partial charge in [0.25, 0.3) is 0 Å². The van der Waals surface area contributed by atoms with Crippen molar-refractivity contribution in [3.8, 4) is 0 Å². The van der Waals surface area contributed by atoms with Gasteiger partial charge in [-0.1, -0.05) is 31.5 Å². The van der Waals surface area contributed by atoms with Crippen LogP contribution in [0.2, 0.25) is 0 Å². The van der Waals surface area contributed by atoms with Gasteiger partial charge in [0, 0.05) is 12.2 Å². The molecule has 0 bridgehead atoms. The van der Waals surface area contributed by atoms with E-state index in [0.29, 0.717) is 12.5 Å². The normalized spacial score (nSPS) is 10.4. The third kappa shape index (κ3) is 3.27. The predicted molar refractivity (Wildman–Crippen MR) is 62.9 cm³/mol. The van der Waals surface area contributed by atoms with E-state index in [4.69, 9.17) is 5.73 Å². The SMILES string of the molecule is Cc1ccc(N(CC(C)C)C(N)=O)cc1. The van der Waals surface area contributed by atoms with E-state index in [-0.39, 0.29) is 0 Å². The Morgan fingerprint density at radius 2 is 1.87 bits per heavy atom. The van der Waals surface area contributed by atoms with Crippen LogP contribution in [0.4, 0.5) is 10.5 Å². The molecule has 2 amide bonds. The van der Waals surface area contributed by atoms with Crippen LogP contribution >= 0.6 is 0 Å². The molecule has 3 nitrogen and oxygen atoms in total. The van der Waals surface area contributed by atoms with Crippen molar-refractivity contribution in [2.75, 3.05) is 11.4 Å². The number of anilines is 1. The predicted octanol–water partition coefficient (Wildman–Crippen LogP) is 2.54. The Bertz CT molecular complexity index is 330. The largest absolute Gasteiger partial charge is 0.351 e. The van der Waals surface area contributed by atoms with Crippen molar-refractivity contribution in [2.24, 2.45) is 11.7 Å². The summed E-state index contributed by atoms with van der Waals surface area (Å²) in [5, 5.41) is 0. The van der Waals surface area contributed by atoms with Crippen molar-refractivity contribution in [1.29, 1.82) is 0 Å². The Labute approximate surface area is 90.9 Å². The standard InChI is InChI=1S/C12H18N2O/c1-9(2)8-14(12(13)15)11-6-4-10(3)5-7-11/h4-7,9H,8H2,1-3H3,(H2,13,15). The van der Waals surface area contributed by atoms with E-state index in [9.17, 15) is 4.79 Å². The third-order valence-corrected chi connectivity index (χ3v) is 2.16. The molecule has 0 saturated carbocycles. The van der Waals surface area contributed by atoms with Crippen LogP contribution in [0.1, 0.15) is 19.4 Å². The number of rotatable bonds is 3. The lowest BCUT2D eigenvalue weighted by Gasteiger charge is -2.22. The van der Waals surface area contributed by atoms with E-state index in [1.165, 1.54) is 5.56 Å². The molecule has 0 aromatic heterocycles. The molecule has 0 aliphatic rings. The summed E-state index contributed by atoms with van der Waals surface area (Å²) in [6.45, 7) is 6.79. The van der Waals surface area contributed by atoms with Gasteiger partial charge in [-0.15, -0.1) is 0 Å². The van der Waals surface area contributed by atoms with Crippen LogP contribution in [-0.2, 0) is 0 Å². The fourth-order valence-corrected chi connectivity index (χ4v) is 1.41. The third-order valence-electron chi connectivity index (χ3n) is 2.16. The van der Waals surface area contributed by atoms with Gasteiger partial charge in [0.1, 0.15) is 0 Å². The first kappa shape index (κ1) is 11.6. The molecule has 0 radical (unpaired) electrons. The van der Waals surface area contributed by atoms with Gasteiger partial charge in [-0.05, 0) is 25.0 Å². The van der Waals surface area contributed by atoms with Crippen molar-refractivity contribution < 1.29 is 4.79 Å². The summed E-state index contributed by atoms with van der Waals surface area (Å²) in [6, 6.07) is 7.40. The second kappa shape index (κ2) is 4.82. The van der Waals surface area contributed by atoms with Gasteiger partial charge >= 0.3 is 6.03 Å². The molecule has 0 atom stereocenters. The number of hydrogen-bond acceptors (Lipinski definition) is 1. The minimum absolute atomic E-state index is 0.396. The Balaban J connectivity index is 2.89. The van der Waals surface area contributed by atoms with Crippen molar-refractivity contribution in [2.45, 2.75) is 20.8 Å². The highest BCUT2D eigenvalue weighted by Crippen LogP contribution is 2.16. The summed E-state index contributed by atoms with van der Waals surface area (Å²) in [7, 11) is 0. The van der Waals surface area contributed by atoms with E-state index in [2.05, 4.69) is 13.8 Å². The summed E-state index contributed by atoms with van der Waals surface area (Å²) in [4.78, 5) is 12.9. The zero-order valence-electron chi connectivity index (χ0n) is 9.53. The van der Waals surface area contributed by atoms with E-state index in [1.807, 2.05) is 31.2 Å². The number of benzene rings is 1.